The Balaban J connectivity index is 3.33. The molecule has 1 aromatic rings. The maximum absolute atomic E-state index is 12.8. The Morgan fingerprint density at radius 1 is 1.42 bits per heavy atom. The van der Waals surface area contributed by atoms with Crippen LogP contribution < -0.4 is 5.73 Å². The van der Waals surface area contributed by atoms with E-state index in [1.807, 2.05) is 0 Å². The van der Waals surface area contributed by atoms with Gasteiger partial charge in [0.2, 0.25) is 5.95 Å². The summed E-state index contributed by atoms with van der Waals surface area (Å²) < 4.78 is 37.9. The number of nitrogens with two attached hydrogens (primary N) is 1. The van der Waals surface area contributed by atoms with E-state index in [4.69, 9.17) is 5.73 Å². The lowest BCUT2D eigenvalue weighted by atomic mass is 10.1. The molecule has 0 radical (unpaired) electrons. The number of aromatic nitrogens is 1. The lowest BCUT2D eigenvalue weighted by molar-refractivity contribution is 0.443. The first-order chi connectivity index (χ1) is 5.54. The third kappa shape index (κ3) is 1.40. The molecule has 0 saturated carbocycles. The second kappa shape index (κ2) is 3.10. The number of hydrogen-bond donors (Lipinski definition) is 1. The van der Waals surface area contributed by atoms with Gasteiger partial charge in [0.05, 0.1) is 6.20 Å². The van der Waals surface area contributed by atoms with E-state index >= 15 is 0 Å². The highest BCUT2D eigenvalue weighted by molar-refractivity contribution is 5.19. The third-order valence-electron chi connectivity index (χ3n) is 1.42. The molecule has 1 rings (SSSR count). The van der Waals surface area contributed by atoms with Gasteiger partial charge in [-0.3, -0.25) is 0 Å². The van der Waals surface area contributed by atoms with E-state index < -0.39 is 29.2 Å². The molecule has 0 aliphatic carbocycles. The zero-order chi connectivity index (χ0) is 9.30. The number of nitrogens with zero attached hydrogens (tertiary/aromatic N) is 1. The number of hydrogen-bond acceptors (Lipinski definition) is 2. The summed E-state index contributed by atoms with van der Waals surface area (Å²) >= 11 is 0. The molecule has 0 saturated heterocycles. The Kier molecular flexibility index (Phi) is 2.32. The van der Waals surface area contributed by atoms with E-state index in [1.54, 1.807) is 0 Å². The monoisotopic (exact) mass is 176 g/mol. The maximum atomic E-state index is 12.8. The van der Waals surface area contributed by atoms with Gasteiger partial charge in [0.25, 0.3) is 0 Å². The van der Waals surface area contributed by atoms with Crippen LogP contribution in [0, 0.1) is 17.6 Å². The van der Waals surface area contributed by atoms with Crippen LogP contribution in [-0.2, 0) is 0 Å². The van der Waals surface area contributed by atoms with E-state index in [-0.39, 0.29) is 0 Å². The Morgan fingerprint density at radius 3 is 2.42 bits per heavy atom. The zero-order valence-electron chi connectivity index (χ0n) is 6.31. The molecule has 5 heteroatoms. The lowest BCUT2D eigenvalue weighted by Crippen LogP contribution is -2.12. The molecule has 12 heavy (non-hydrogen) atoms. The van der Waals surface area contributed by atoms with Crippen molar-refractivity contribution in [2.24, 2.45) is 5.73 Å². The van der Waals surface area contributed by atoms with Crippen LogP contribution in [0.1, 0.15) is 18.5 Å². The number of rotatable bonds is 1. The SMILES string of the molecule is C[C@H](N)c1c(F)cnc(F)c1F. The predicted molar refractivity (Wildman–Crippen MR) is 36.7 cm³/mol. The number of pyridine rings is 1. The standard InChI is InChI=1S/C7H7F3N2/c1-3(11)5-4(8)2-12-7(10)6(5)9/h2-3H,11H2,1H3/t3-/m0/s1. The summed E-state index contributed by atoms with van der Waals surface area (Å²) in [5.41, 5.74) is 4.74. The van der Waals surface area contributed by atoms with Crippen LogP contribution in [-0.4, -0.2) is 4.98 Å². The smallest absolute Gasteiger partial charge is 0.249 e. The normalized spacial score (nSPS) is 13.1. The zero-order valence-corrected chi connectivity index (χ0v) is 6.31. The summed E-state index contributed by atoms with van der Waals surface area (Å²) in [5.74, 6) is -3.57. The minimum absolute atomic E-state index is 0.470. The van der Waals surface area contributed by atoms with Gasteiger partial charge in [-0.25, -0.2) is 13.8 Å². The fourth-order valence-electron chi connectivity index (χ4n) is 0.873. The highest BCUT2D eigenvalue weighted by Gasteiger charge is 2.17. The van der Waals surface area contributed by atoms with Crippen LogP contribution in [0.15, 0.2) is 6.20 Å². The summed E-state index contributed by atoms with van der Waals surface area (Å²) in [7, 11) is 0. The molecule has 0 bridgehead atoms. The Labute approximate surface area is 67.2 Å². The van der Waals surface area contributed by atoms with E-state index in [1.165, 1.54) is 6.92 Å². The topological polar surface area (TPSA) is 38.9 Å². The summed E-state index contributed by atoms with van der Waals surface area (Å²) in [5, 5.41) is 0. The van der Waals surface area contributed by atoms with Crippen molar-refractivity contribution in [1.82, 2.24) is 4.98 Å². The van der Waals surface area contributed by atoms with E-state index in [0.29, 0.717) is 6.20 Å². The molecule has 0 fully saturated rings. The summed E-state index contributed by atoms with van der Waals surface area (Å²) in [6.45, 7) is 1.36. The second-order valence-electron chi connectivity index (χ2n) is 2.41. The van der Waals surface area contributed by atoms with Gasteiger partial charge in [-0.1, -0.05) is 0 Å². The molecule has 0 aliphatic heterocycles. The van der Waals surface area contributed by atoms with Gasteiger partial charge in [-0.05, 0) is 6.92 Å². The fraction of sp³-hybridized carbons (Fsp3) is 0.286. The van der Waals surface area contributed by atoms with E-state index in [2.05, 4.69) is 4.98 Å². The molecule has 1 atom stereocenters. The molecule has 0 amide bonds. The first kappa shape index (κ1) is 8.99. The van der Waals surface area contributed by atoms with Gasteiger partial charge in [-0.15, -0.1) is 0 Å². The summed E-state index contributed by atoms with van der Waals surface area (Å²) in [6, 6.07) is -0.887. The van der Waals surface area contributed by atoms with Gasteiger partial charge in [0, 0.05) is 11.6 Å². The average Bonchev–Trinajstić information content (AvgIpc) is 1.97. The van der Waals surface area contributed by atoms with Crippen molar-refractivity contribution in [3.63, 3.8) is 0 Å². The molecule has 0 unspecified atom stereocenters. The Morgan fingerprint density at radius 2 is 2.00 bits per heavy atom. The highest BCUT2D eigenvalue weighted by atomic mass is 19.2. The molecule has 0 aromatic carbocycles. The van der Waals surface area contributed by atoms with Gasteiger partial charge < -0.3 is 5.73 Å². The second-order valence-corrected chi connectivity index (χ2v) is 2.41. The predicted octanol–water partition coefficient (Wildman–Crippen LogP) is 1.52. The lowest BCUT2D eigenvalue weighted by Gasteiger charge is -2.07. The maximum Gasteiger partial charge on any atom is 0.249 e. The van der Waals surface area contributed by atoms with Crippen molar-refractivity contribution < 1.29 is 13.2 Å². The molecule has 2 nitrogen and oxygen atoms in total. The van der Waals surface area contributed by atoms with E-state index in [9.17, 15) is 13.2 Å². The first-order valence-corrected chi connectivity index (χ1v) is 3.29. The van der Waals surface area contributed by atoms with Crippen LogP contribution in [0.3, 0.4) is 0 Å². The van der Waals surface area contributed by atoms with Crippen molar-refractivity contribution in [1.29, 1.82) is 0 Å². The Bertz CT molecular complexity index is 299. The number of halogens is 3. The largest absolute Gasteiger partial charge is 0.324 e. The molecule has 1 aromatic heterocycles. The van der Waals surface area contributed by atoms with E-state index in [0.717, 1.165) is 0 Å². The third-order valence-corrected chi connectivity index (χ3v) is 1.42. The first-order valence-electron chi connectivity index (χ1n) is 3.29. The molecule has 1 heterocycles. The minimum atomic E-state index is -1.33. The van der Waals surface area contributed by atoms with Gasteiger partial charge in [-0.2, -0.15) is 4.39 Å². The van der Waals surface area contributed by atoms with Gasteiger partial charge in [0.1, 0.15) is 5.82 Å². The minimum Gasteiger partial charge on any atom is -0.324 e. The molecular formula is C7H7F3N2. The average molecular weight is 176 g/mol. The van der Waals surface area contributed by atoms with Crippen LogP contribution in [0.5, 0.6) is 0 Å². The van der Waals surface area contributed by atoms with Crippen molar-refractivity contribution in [2.75, 3.05) is 0 Å². The van der Waals surface area contributed by atoms with Crippen molar-refractivity contribution in [2.45, 2.75) is 13.0 Å². The molecule has 0 aliphatic rings. The molecule has 2 N–H and O–H groups in total. The van der Waals surface area contributed by atoms with Crippen LogP contribution in [0.25, 0.3) is 0 Å². The molecule has 0 spiro atoms. The van der Waals surface area contributed by atoms with Crippen LogP contribution >= 0.6 is 0 Å². The fourth-order valence-corrected chi connectivity index (χ4v) is 0.873. The van der Waals surface area contributed by atoms with Gasteiger partial charge >= 0.3 is 0 Å². The van der Waals surface area contributed by atoms with Crippen LogP contribution in [0.4, 0.5) is 13.2 Å². The summed E-state index contributed by atoms with van der Waals surface area (Å²) in [4.78, 5) is 2.85. The molecule has 66 valence electrons. The van der Waals surface area contributed by atoms with Crippen molar-refractivity contribution >= 4 is 0 Å². The van der Waals surface area contributed by atoms with Crippen LogP contribution in [0.2, 0.25) is 0 Å². The highest BCUT2D eigenvalue weighted by Crippen LogP contribution is 2.18. The quantitative estimate of drug-likeness (QED) is 0.659. The molecular weight excluding hydrogens is 169 g/mol. The Hall–Kier alpha value is -1.10. The summed E-state index contributed by atoms with van der Waals surface area (Å²) in [6.07, 6.45) is 0.608. The van der Waals surface area contributed by atoms with Gasteiger partial charge in [0.15, 0.2) is 5.82 Å². The van der Waals surface area contributed by atoms with Crippen molar-refractivity contribution in [3.05, 3.63) is 29.3 Å². The van der Waals surface area contributed by atoms with Crippen molar-refractivity contribution in [3.8, 4) is 0 Å².